The maximum Gasteiger partial charge on any atom is 0.321 e. The minimum atomic E-state index is -0.205. The van der Waals surface area contributed by atoms with Gasteiger partial charge in [0.25, 0.3) is 0 Å². The van der Waals surface area contributed by atoms with Crippen LogP contribution in [0.1, 0.15) is 36.9 Å². The van der Waals surface area contributed by atoms with Crippen LogP contribution in [0.4, 0.5) is 10.5 Å². The van der Waals surface area contributed by atoms with Crippen molar-refractivity contribution in [3.63, 3.8) is 0 Å². The van der Waals surface area contributed by atoms with Crippen LogP contribution in [0.25, 0.3) is 5.69 Å². The summed E-state index contributed by atoms with van der Waals surface area (Å²) in [6.45, 7) is 5.10. The third-order valence-corrected chi connectivity index (χ3v) is 6.31. The average Bonchev–Trinajstić information content (AvgIpc) is 3.38. The van der Waals surface area contributed by atoms with Crippen molar-refractivity contribution in [3.05, 3.63) is 72.3 Å². The minimum Gasteiger partial charge on any atom is -0.339 e. The molecule has 172 valence electrons. The zero-order chi connectivity index (χ0) is 23.4. The number of carbonyl (C=O) groups is 2. The monoisotopic (exact) mass is 446 g/mol. The van der Waals surface area contributed by atoms with E-state index in [2.05, 4.69) is 15.4 Å². The summed E-state index contributed by atoms with van der Waals surface area (Å²) in [7, 11) is 1.84. The van der Waals surface area contributed by atoms with Gasteiger partial charge in [-0.15, -0.1) is 0 Å². The van der Waals surface area contributed by atoms with Crippen molar-refractivity contribution in [2.24, 2.45) is 5.92 Å². The van der Waals surface area contributed by atoms with Crippen molar-refractivity contribution in [2.45, 2.75) is 32.7 Å². The van der Waals surface area contributed by atoms with Gasteiger partial charge in [0, 0.05) is 25.8 Å². The second-order valence-electron chi connectivity index (χ2n) is 8.64. The fourth-order valence-electron chi connectivity index (χ4n) is 4.24. The van der Waals surface area contributed by atoms with E-state index in [1.807, 2.05) is 69.4 Å². The highest BCUT2D eigenvalue weighted by Crippen LogP contribution is 2.26. The van der Waals surface area contributed by atoms with Crippen LogP contribution in [0.3, 0.4) is 0 Å². The van der Waals surface area contributed by atoms with Crippen LogP contribution in [0.2, 0.25) is 0 Å². The molecule has 3 amide bonds. The number of nitrogens with zero attached hydrogens (tertiary/aromatic N) is 5. The number of piperidine rings is 1. The molecular formula is C25H30N6O2. The van der Waals surface area contributed by atoms with Gasteiger partial charge in [0.05, 0.1) is 17.6 Å². The zero-order valence-electron chi connectivity index (χ0n) is 19.3. The number of rotatable bonds is 5. The topological polar surface area (TPSA) is 83.4 Å². The van der Waals surface area contributed by atoms with Crippen LogP contribution in [0, 0.1) is 12.8 Å². The van der Waals surface area contributed by atoms with Crippen molar-refractivity contribution in [1.29, 1.82) is 0 Å². The van der Waals surface area contributed by atoms with Crippen molar-refractivity contribution >= 4 is 17.6 Å². The van der Waals surface area contributed by atoms with Crippen molar-refractivity contribution < 1.29 is 9.59 Å². The predicted octanol–water partition coefficient (Wildman–Crippen LogP) is 4.04. The molecule has 33 heavy (non-hydrogen) atoms. The second-order valence-corrected chi connectivity index (χ2v) is 8.64. The van der Waals surface area contributed by atoms with E-state index >= 15 is 0 Å². The molecule has 0 aliphatic carbocycles. The highest BCUT2D eigenvalue weighted by molar-refractivity contribution is 5.90. The van der Waals surface area contributed by atoms with Gasteiger partial charge in [-0.3, -0.25) is 4.79 Å². The fraction of sp³-hybridized carbons (Fsp3) is 0.360. The van der Waals surface area contributed by atoms with Gasteiger partial charge in [0.1, 0.15) is 12.7 Å². The molecule has 1 aromatic heterocycles. The summed E-state index contributed by atoms with van der Waals surface area (Å²) in [5.74, 6) is -0.139. The Kier molecular flexibility index (Phi) is 6.72. The maximum absolute atomic E-state index is 13.3. The van der Waals surface area contributed by atoms with Crippen LogP contribution in [0.5, 0.6) is 0 Å². The Morgan fingerprint density at radius 2 is 1.97 bits per heavy atom. The number of anilines is 1. The highest BCUT2D eigenvalue weighted by atomic mass is 16.2. The Morgan fingerprint density at radius 1 is 1.18 bits per heavy atom. The summed E-state index contributed by atoms with van der Waals surface area (Å²) in [5, 5.41) is 7.10. The van der Waals surface area contributed by atoms with Crippen LogP contribution in [0.15, 0.2) is 61.2 Å². The third kappa shape index (κ3) is 5.22. The molecule has 0 saturated carbocycles. The zero-order valence-corrected chi connectivity index (χ0v) is 19.3. The molecule has 0 radical (unpaired) electrons. The number of nitrogens with one attached hydrogen (secondary N) is 1. The Labute approximate surface area is 194 Å². The number of aryl methyl sites for hydroxylation is 1. The summed E-state index contributed by atoms with van der Waals surface area (Å²) in [4.78, 5) is 33.6. The van der Waals surface area contributed by atoms with Gasteiger partial charge in [-0.25, -0.2) is 14.5 Å². The van der Waals surface area contributed by atoms with Crippen molar-refractivity contribution in [1.82, 2.24) is 24.6 Å². The fourth-order valence-corrected chi connectivity index (χ4v) is 4.24. The van der Waals surface area contributed by atoms with Crippen LogP contribution in [-0.4, -0.2) is 56.6 Å². The highest BCUT2D eigenvalue weighted by Gasteiger charge is 2.32. The van der Waals surface area contributed by atoms with Crippen molar-refractivity contribution in [3.8, 4) is 5.69 Å². The van der Waals surface area contributed by atoms with E-state index < -0.39 is 0 Å². The second kappa shape index (κ2) is 9.85. The predicted molar refractivity (Wildman–Crippen MR) is 127 cm³/mol. The van der Waals surface area contributed by atoms with Gasteiger partial charge in [-0.2, -0.15) is 5.10 Å². The van der Waals surface area contributed by atoms with E-state index in [0.717, 1.165) is 35.3 Å². The lowest BCUT2D eigenvalue weighted by Crippen LogP contribution is -2.47. The lowest BCUT2D eigenvalue weighted by molar-refractivity contribution is -0.137. The smallest absolute Gasteiger partial charge is 0.321 e. The van der Waals surface area contributed by atoms with Gasteiger partial charge in [-0.05, 0) is 62.1 Å². The average molecular weight is 447 g/mol. The number of carbonyl (C=O) groups excluding carboxylic acids is 2. The number of likely N-dealkylation sites (tertiary alicyclic amines) is 1. The summed E-state index contributed by atoms with van der Waals surface area (Å²) in [5.41, 5.74) is 3.82. The Bertz CT molecular complexity index is 1100. The molecule has 1 saturated heterocycles. The molecule has 3 aromatic rings. The standard InChI is InChI=1S/C25H30N6O2/c1-18-6-4-8-22(14-18)28-25(33)30-13-5-7-21(15-30)24(32)29(3)19(2)20-9-11-23(12-10-20)31-17-26-16-27-31/h4,6,8-12,14,16-17,19,21H,5,7,13,15H2,1-3H3,(H,28,33). The molecule has 2 heterocycles. The Balaban J connectivity index is 1.37. The quantitative estimate of drug-likeness (QED) is 0.641. The third-order valence-electron chi connectivity index (χ3n) is 6.31. The number of aromatic nitrogens is 3. The molecular weight excluding hydrogens is 416 g/mol. The van der Waals surface area contributed by atoms with E-state index in [1.54, 1.807) is 20.8 Å². The van der Waals surface area contributed by atoms with E-state index in [9.17, 15) is 9.59 Å². The summed E-state index contributed by atoms with van der Waals surface area (Å²) in [6, 6.07) is 15.4. The molecule has 2 aromatic carbocycles. The van der Waals surface area contributed by atoms with Gasteiger partial charge >= 0.3 is 6.03 Å². The Morgan fingerprint density at radius 3 is 2.67 bits per heavy atom. The van der Waals surface area contributed by atoms with Crippen LogP contribution in [-0.2, 0) is 4.79 Å². The molecule has 8 nitrogen and oxygen atoms in total. The molecule has 0 spiro atoms. The first-order valence-corrected chi connectivity index (χ1v) is 11.3. The molecule has 4 rings (SSSR count). The van der Waals surface area contributed by atoms with E-state index in [4.69, 9.17) is 0 Å². The van der Waals surface area contributed by atoms with Gasteiger partial charge < -0.3 is 15.1 Å². The van der Waals surface area contributed by atoms with E-state index in [1.165, 1.54) is 6.33 Å². The number of urea groups is 1. The minimum absolute atomic E-state index is 0.0657. The SMILES string of the molecule is Cc1cccc(NC(=O)N2CCCC(C(=O)N(C)C(C)c3ccc(-n4cncn4)cc3)C2)c1. The molecule has 2 atom stereocenters. The largest absolute Gasteiger partial charge is 0.339 e. The van der Waals surface area contributed by atoms with Crippen LogP contribution < -0.4 is 5.32 Å². The number of hydrogen-bond donors (Lipinski definition) is 1. The first-order valence-electron chi connectivity index (χ1n) is 11.3. The molecule has 8 heteroatoms. The lowest BCUT2D eigenvalue weighted by atomic mass is 9.95. The summed E-state index contributed by atoms with van der Waals surface area (Å²) in [6.07, 6.45) is 4.75. The van der Waals surface area contributed by atoms with E-state index in [0.29, 0.717) is 13.1 Å². The maximum atomic E-state index is 13.3. The molecule has 1 fully saturated rings. The first kappa shape index (κ1) is 22.5. The number of benzene rings is 2. The summed E-state index contributed by atoms with van der Waals surface area (Å²) >= 11 is 0. The lowest BCUT2D eigenvalue weighted by Gasteiger charge is -2.35. The van der Waals surface area contributed by atoms with E-state index in [-0.39, 0.29) is 23.9 Å². The molecule has 2 unspecified atom stereocenters. The normalized spacial score (nSPS) is 16.8. The van der Waals surface area contributed by atoms with Gasteiger partial charge in [-0.1, -0.05) is 24.3 Å². The first-order chi connectivity index (χ1) is 15.9. The molecule has 1 aliphatic heterocycles. The van der Waals surface area contributed by atoms with Crippen molar-refractivity contribution in [2.75, 3.05) is 25.5 Å². The molecule has 1 aliphatic rings. The molecule has 1 N–H and O–H groups in total. The molecule has 0 bridgehead atoms. The van der Waals surface area contributed by atoms with Gasteiger partial charge in [0.15, 0.2) is 0 Å². The Hall–Kier alpha value is -3.68. The summed E-state index contributed by atoms with van der Waals surface area (Å²) < 4.78 is 1.70. The number of amides is 3. The van der Waals surface area contributed by atoms with Crippen LogP contribution >= 0.6 is 0 Å². The van der Waals surface area contributed by atoms with Gasteiger partial charge in [0.2, 0.25) is 5.91 Å². The number of hydrogen-bond acceptors (Lipinski definition) is 4.